The van der Waals surface area contributed by atoms with E-state index in [0.717, 1.165) is 0 Å². The van der Waals surface area contributed by atoms with Crippen molar-refractivity contribution in [2.45, 2.75) is 12.2 Å². The zero-order valence-electron chi connectivity index (χ0n) is 10.1. The van der Waals surface area contributed by atoms with E-state index in [1.54, 1.807) is 30.6 Å². The van der Waals surface area contributed by atoms with E-state index >= 15 is 0 Å². The van der Waals surface area contributed by atoms with E-state index in [4.69, 9.17) is 9.47 Å². The van der Waals surface area contributed by atoms with E-state index in [-0.39, 0.29) is 12.4 Å². The molecule has 2 atom stereocenters. The van der Waals surface area contributed by atoms with E-state index < -0.39 is 12.2 Å². The Morgan fingerprint density at radius 1 is 1.32 bits per heavy atom. The summed E-state index contributed by atoms with van der Waals surface area (Å²) in [4.78, 5) is 3.95. The lowest BCUT2D eigenvalue weighted by Gasteiger charge is -2.30. The predicted octanol–water partition coefficient (Wildman–Crippen LogP) is 1.66. The first kappa shape index (κ1) is 11.8. The van der Waals surface area contributed by atoms with Crippen molar-refractivity contribution in [2.75, 3.05) is 6.61 Å². The van der Waals surface area contributed by atoms with Crippen molar-refractivity contribution in [3.63, 3.8) is 0 Å². The van der Waals surface area contributed by atoms with Crippen LogP contribution in [0.4, 0.5) is 0 Å². The van der Waals surface area contributed by atoms with Gasteiger partial charge in [-0.25, -0.2) is 0 Å². The lowest BCUT2D eigenvalue weighted by Crippen LogP contribution is -2.35. The Bertz CT molecular complexity index is 573. The number of phenolic OH excluding ortho intramolecular Hbond substituents is 1. The Balaban J connectivity index is 1.83. The summed E-state index contributed by atoms with van der Waals surface area (Å²) >= 11 is 0. The first-order chi connectivity index (χ1) is 9.24. The van der Waals surface area contributed by atoms with Crippen molar-refractivity contribution in [3.05, 3.63) is 48.3 Å². The molecule has 1 aromatic heterocycles. The zero-order chi connectivity index (χ0) is 13.2. The van der Waals surface area contributed by atoms with Crippen LogP contribution in [0, 0.1) is 0 Å². The SMILES string of the molecule is Oc1ccc2c(c1)C(O)C(Oc1cccnc1)CO2. The Morgan fingerprint density at radius 3 is 3.00 bits per heavy atom. The van der Waals surface area contributed by atoms with Gasteiger partial charge in [-0.05, 0) is 30.3 Å². The van der Waals surface area contributed by atoms with Crippen LogP contribution in [0.5, 0.6) is 17.2 Å². The summed E-state index contributed by atoms with van der Waals surface area (Å²) in [6.07, 6.45) is 1.84. The van der Waals surface area contributed by atoms with Crippen LogP contribution in [0.3, 0.4) is 0 Å². The van der Waals surface area contributed by atoms with Crippen molar-refractivity contribution < 1.29 is 19.7 Å². The summed E-state index contributed by atoms with van der Waals surface area (Å²) in [7, 11) is 0. The van der Waals surface area contributed by atoms with Gasteiger partial charge < -0.3 is 19.7 Å². The number of aromatic hydroxyl groups is 1. The van der Waals surface area contributed by atoms with Crippen LogP contribution in [-0.2, 0) is 0 Å². The van der Waals surface area contributed by atoms with Gasteiger partial charge in [-0.3, -0.25) is 4.98 Å². The van der Waals surface area contributed by atoms with E-state index in [2.05, 4.69) is 4.98 Å². The van der Waals surface area contributed by atoms with Gasteiger partial charge in [0, 0.05) is 11.8 Å². The smallest absolute Gasteiger partial charge is 0.163 e. The number of pyridine rings is 1. The van der Waals surface area contributed by atoms with Crippen LogP contribution in [-0.4, -0.2) is 27.9 Å². The highest BCUT2D eigenvalue weighted by Gasteiger charge is 2.31. The molecule has 0 fully saturated rings. The molecule has 0 spiro atoms. The third-order valence-electron chi connectivity index (χ3n) is 2.99. The quantitative estimate of drug-likeness (QED) is 0.858. The number of aliphatic hydroxyl groups excluding tert-OH is 1. The highest BCUT2D eigenvalue weighted by atomic mass is 16.5. The maximum Gasteiger partial charge on any atom is 0.163 e. The number of ether oxygens (including phenoxy) is 2. The molecule has 0 saturated carbocycles. The monoisotopic (exact) mass is 259 g/mol. The van der Waals surface area contributed by atoms with Gasteiger partial charge in [0.15, 0.2) is 6.10 Å². The second-order valence-electron chi connectivity index (χ2n) is 4.32. The fourth-order valence-electron chi connectivity index (χ4n) is 2.05. The number of hydrogen-bond acceptors (Lipinski definition) is 5. The number of aromatic nitrogens is 1. The summed E-state index contributed by atoms with van der Waals surface area (Å²) < 4.78 is 11.2. The number of aliphatic hydroxyl groups is 1. The molecular weight excluding hydrogens is 246 g/mol. The number of phenols is 1. The van der Waals surface area contributed by atoms with Gasteiger partial charge in [0.2, 0.25) is 0 Å². The third kappa shape index (κ3) is 2.32. The van der Waals surface area contributed by atoms with Crippen LogP contribution in [0.25, 0.3) is 0 Å². The molecule has 98 valence electrons. The molecule has 0 saturated heterocycles. The second kappa shape index (κ2) is 4.78. The van der Waals surface area contributed by atoms with E-state index in [1.807, 2.05) is 0 Å². The highest BCUT2D eigenvalue weighted by molar-refractivity contribution is 5.43. The molecule has 5 nitrogen and oxygen atoms in total. The minimum atomic E-state index is -0.851. The molecule has 1 aliphatic heterocycles. The molecule has 0 bridgehead atoms. The summed E-state index contributed by atoms with van der Waals surface area (Å²) in [6, 6.07) is 8.16. The molecule has 2 heterocycles. The van der Waals surface area contributed by atoms with E-state index in [0.29, 0.717) is 17.1 Å². The van der Waals surface area contributed by atoms with Crippen molar-refractivity contribution in [2.24, 2.45) is 0 Å². The molecule has 2 N–H and O–H groups in total. The lowest BCUT2D eigenvalue weighted by atomic mass is 10.0. The van der Waals surface area contributed by atoms with Crippen LogP contribution in [0.15, 0.2) is 42.7 Å². The first-order valence-corrected chi connectivity index (χ1v) is 5.94. The third-order valence-corrected chi connectivity index (χ3v) is 2.99. The molecule has 0 amide bonds. The largest absolute Gasteiger partial charge is 0.508 e. The van der Waals surface area contributed by atoms with Crippen molar-refractivity contribution in [3.8, 4) is 17.2 Å². The van der Waals surface area contributed by atoms with E-state index in [1.165, 1.54) is 12.1 Å². The van der Waals surface area contributed by atoms with Crippen molar-refractivity contribution >= 4 is 0 Å². The summed E-state index contributed by atoms with van der Waals surface area (Å²) in [5.74, 6) is 1.22. The summed E-state index contributed by atoms with van der Waals surface area (Å²) in [5, 5.41) is 19.7. The summed E-state index contributed by atoms with van der Waals surface area (Å²) in [6.45, 7) is 0.244. The first-order valence-electron chi connectivity index (χ1n) is 5.94. The molecule has 1 aliphatic rings. The Hall–Kier alpha value is -2.27. The minimum absolute atomic E-state index is 0.0865. The fourth-order valence-corrected chi connectivity index (χ4v) is 2.05. The van der Waals surface area contributed by atoms with Gasteiger partial charge in [0.1, 0.15) is 30.0 Å². The van der Waals surface area contributed by atoms with Crippen LogP contribution < -0.4 is 9.47 Å². The number of hydrogen-bond donors (Lipinski definition) is 2. The number of fused-ring (bicyclic) bond motifs is 1. The van der Waals surface area contributed by atoms with Gasteiger partial charge in [-0.15, -0.1) is 0 Å². The Labute approximate surface area is 110 Å². The predicted molar refractivity (Wildman–Crippen MR) is 67.2 cm³/mol. The second-order valence-corrected chi connectivity index (χ2v) is 4.32. The maximum atomic E-state index is 10.3. The molecule has 1 aromatic carbocycles. The van der Waals surface area contributed by atoms with Gasteiger partial charge in [0.05, 0.1) is 6.20 Å². The number of rotatable bonds is 2. The normalized spacial score (nSPS) is 21.3. The highest BCUT2D eigenvalue weighted by Crippen LogP contribution is 2.35. The van der Waals surface area contributed by atoms with Crippen molar-refractivity contribution in [1.29, 1.82) is 0 Å². The molecule has 2 unspecified atom stereocenters. The van der Waals surface area contributed by atoms with Crippen LogP contribution in [0.1, 0.15) is 11.7 Å². The number of nitrogens with zero attached hydrogens (tertiary/aromatic N) is 1. The molecule has 5 heteroatoms. The van der Waals surface area contributed by atoms with Gasteiger partial charge in [-0.2, -0.15) is 0 Å². The molecule has 3 rings (SSSR count). The fraction of sp³-hybridized carbons (Fsp3) is 0.214. The topological polar surface area (TPSA) is 71.8 Å². The summed E-state index contributed by atoms with van der Waals surface area (Å²) in [5.41, 5.74) is 0.528. The molecule has 2 aromatic rings. The molecular formula is C14H13NO4. The van der Waals surface area contributed by atoms with Gasteiger partial charge in [0.25, 0.3) is 0 Å². The molecule has 0 radical (unpaired) electrons. The Kier molecular flexibility index (Phi) is 2.97. The standard InChI is InChI=1S/C14H13NO4/c16-9-3-4-12-11(6-9)14(17)13(8-18-12)19-10-2-1-5-15-7-10/h1-7,13-14,16-17H,8H2. The average molecular weight is 259 g/mol. The average Bonchev–Trinajstić information content (AvgIpc) is 2.44. The van der Waals surface area contributed by atoms with Gasteiger partial charge in [-0.1, -0.05) is 0 Å². The van der Waals surface area contributed by atoms with Crippen LogP contribution in [0.2, 0.25) is 0 Å². The Morgan fingerprint density at radius 2 is 2.21 bits per heavy atom. The van der Waals surface area contributed by atoms with Crippen LogP contribution >= 0.6 is 0 Å². The molecule has 19 heavy (non-hydrogen) atoms. The molecule has 0 aliphatic carbocycles. The van der Waals surface area contributed by atoms with Gasteiger partial charge >= 0.3 is 0 Å². The van der Waals surface area contributed by atoms with E-state index in [9.17, 15) is 10.2 Å². The lowest BCUT2D eigenvalue weighted by molar-refractivity contribution is -0.0105. The minimum Gasteiger partial charge on any atom is -0.508 e. The van der Waals surface area contributed by atoms with Crippen molar-refractivity contribution in [1.82, 2.24) is 4.98 Å². The number of benzene rings is 1. The maximum absolute atomic E-state index is 10.3. The zero-order valence-corrected chi connectivity index (χ0v) is 10.1.